The Morgan fingerprint density at radius 3 is 2.62 bits per heavy atom. The summed E-state index contributed by atoms with van der Waals surface area (Å²) in [7, 11) is 5.36. The summed E-state index contributed by atoms with van der Waals surface area (Å²) in [6.45, 7) is 4.32. The molecular formula is C18H26N4O4. The van der Waals surface area contributed by atoms with Gasteiger partial charge >= 0.3 is 6.03 Å². The molecule has 1 aliphatic heterocycles. The average molecular weight is 362 g/mol. The second-order valence-corrected chi connectivity index (χ2v) is 6.78. The highest BCUT2D eigenvalue weighted by Crippen LogP contribution is 2.31. The Hall–Kier alpha value is -2.61. The first-order valence-corrected chi connectivity index (χ1v) is 8.39. The molecular weight excluding hydrogens is 336 g/mol. The fraction of sp³-hybridized carbons (Fsp3) is 0.500. The van der Waals surface area contributed by atoms with Crippen molar-refractivity contribution in [2.24, 2.45) is 0 Å². The van der Waals surface area contributed by atoms with Gasteiger partial charge in [0.25, 0.3) is 5.91 Å². The van der Waals surface area contributed by atoms with Gasteiger partial charge in [-0.25, -0.2) is 4.79 Å². The molecule has 1 fully saturated rings. The van der Waals surface area contributed by atoms with Crippen LogP contribution < -0.4 is 15.4 Å². The van der Waals surface area contributed by atoms with E-state index in [1.54, 1.807) is 32.2 Å². The van der Waals surface area contributed by atoms with E-state index in [-0.39, 0.29) is 12.5 Å². The third kappa shape index (κ3) is 3.96. The summed E-state index contributed by atoms with van der Waals surface area (Å²) in [6, 6.07) is 4.72. The molecule has 1 heterocycles. The number of nitrogens with one attached hydrogen (secondary N) is 2. The molecule has 0 saturated carbocycles. The Kier molecular flexibility index (Phi) is 5.86. The number of nitrogens with zero attached hydrogens (tertiary/aromatic N) is 2. The number of carbonyl (C=O) groups is 3. The van der Waals surface area contributed by atoms with E-state index in [2.05, 4.69) is 10.6 Å². The van der Waals surface area contributed by atoms with E-state index < -0.39 is 17.5 Å². The van der Waals surface area contributed by atoms with Gasteiger partial charge in [0, 0.05) is 13.1 Å². The molecule has 8 heteroatoms. The largest absolute Gasteiger partial charge is 0.496 e. The molecule has 26 heavy (non-hydrogen) atoms. The number of aryl methyl sites for hydroxylation is 1. The molecule has 0 aromatic heterocycles. The second kappa shape index (κ2) is 7.74. The Balaban J connectivity index is 2.12. The van der Waals surface area contributed by atoms with Gasteiger partial charge in [-0.1, -0.05) is 6.07 Å². The van der Waals surface area contributed by atoms with E-state index in [0.29, 0.717) is 24.4 Å². The molecule has 2 N–H and O–H groups in total. The first-order chi connectivity index (χ1) is 12.2. The topological polar surface area (TPSA) is 91.0 Å². The van der Waals surface area contributed by atoms with Gasteiger partial charge in [-0.15, -0.1) is 0 Å². The Labute approximate surface area is 153 Å². The summed E-state index contributed by atoms with van der Waals surface area (Å²) >= 11 is 0. The van der Waals surface area contributed by atoms with Crippen molar-refractivity contribution in [1.29, 1.82) is 0 Å². The van der Waals surface area contributed by atoms with Gasteiger partial charge in [0.2, 0.25) is 5.91 Å². The Morgan fingerprint density at radius 1 is 1.35 bits per heavy atom. The van der Waals surface area contributed by atoms with Crippen molar-refractivity contribution in [3.8, 4) is 5.75 Å². The zero-order valence-corrected chi connectivity index (χ0v) is 15.9. The fourth-order valence-electron chi connectivity index (χ4n) is 2.84. The smallest absolute Gasteiger partial charge is 0.325 e. The maximum absolute atomic E-state index is 12.8. The molecule has 1 saturated heterocycles. The lowest BCUT2D eigenvalue weighted by molar-refractivity contribution is -0.134. The lowest BCUT2D eigenvalue weighted by Gasteiger charge is -2.23. The number of benzene rings is 1. The van der Waals surface area contributed by atoms with Gasteiger partial charge in [0.15, 0.2) is 0 Å². The first kappa shape index (κ1) is 19.7. The van der Waals surface area contributed by atoms with Crippen LogP contribution >= 0.6 is 0 Å². The van der Waals surface area contributed by atoms with Crippen LogP contribution in [-0.2, 0) is 15.1 Å². The van der Waals surface area contributed by atoms with Gasteiger partial charge in [-0.05, 0) is 51.2 Å². The van der Waals surface area contributed by atoms with E-state index in [1.807, 2.05) is 25.9 Å². The monoisotopic (exact) mass is 362 g/mol. The molecule has 2 rings (SSSR count). The molecule has 1 aromatic rings. The summed E-state index contributed by atoms with van der Waals surface area (Å²) in [5.74, 6) is -0.119. The molecule has 0 bridgehead atoms. The number of hydrogen-bond acceptors (Lipinski definition) is 5. The Morgan fingerprint density at radius 2 is 2.04 bits per heavy atom. The van der Waals surface area contributed by atoms with Crippen LogP contribution in [0.3, 0.4) is 0 Å². The van der Waals surface area contributed by atoms with Gasteiger partial charge in [-0.2, -0.15) is 0 Å². The van der Waals surface area contributed by atoms with Crippen LogP contribution in [0.1, 0.15) is 18.1 Å². The number of methoxy groups -OCH3 is 1. The number of hydrogen-bond donors (Lipinski definition) is 2. The van der Waals surface area contributed by atoms with Crippen LogP contribution in [0, 0.1) is 6.92 Å². The average Bonchev–Trinajstić information content (AvgIpc) is 2.78. The lowest BCUT2D eigenvalue weighted by Crippen LogP contribution is -2.44. The summed E-state index contributed by atoms with van der Waals surface area (Å²) < 4.78 is 5.23. The minimum Gasteiger partial charge on any atom is -0.496 e. The standard InChI is InChI=1S/C18H26N4O4/c1-12-10-13(6-7-14(12)26-5)18(2)16(24)22(17(25)20-18)11-15(23)19-8-9-21(3)4/h6-7,10H,8-9,11H2,1-5H3,(H,19,23)(H,20,25). The summed E-state index contributed by atoms with van der Waals surface area (Å²) in [5, 5.41) is 5.40. The molecule has 1 aromatic carbocycles. The lowest BCUT2D eigenvalue weighted by atomic mass is 9.90. The van der Waals surface area contributed by atoms with Crippen LogP contribution in [0.15, 0.2) is 18.2 Å². The number of amides is 4. The van der Waals surface area contributed by atoms with Crippen molar-refractivity contribution in [3.05, 3.63) is 29.3 Å². The van der Waals surface area contributed by atoms with Crippen molar-refractivity contribution in [2.45, 2.75) is 19.4 Å². The van der Waals surface area contributed by atoms with Gasteiger partial charge in [-0.3, -0.25) is 14.5 Å². The zero-order chi connectivity index (χ0) is 19.5. The van der Waals surface area contributed by atoms with E-state index in [1.165, 1.54) is 0 Å². The molecule has 0 aliphatic carbocycles. The van der Waals surface area contributed by atoms with Crippen molar-refractivity contribution < 1.29 is 19.1 Å². The van der Waals surface area contributed by atoms with Crippen molar-refractivity contribution >= 4 is 17.8 Å². The second-order valence-electron chi connectivity index (χ2n) is 6.78. The summed E-state index contributed by atoms with van der Waals surface area (Å²) in [4.78, 5) is 40.0. The summed E-state index contributed by atoms with van der Waals surface area (Å²) in [6.07, 6.45) is 0. The van der Waals surface area contributed by atoms with E-state index in [0.717, 1.165) is 10.5 Å². The van der Waals surface area contributed by atoms with E-state index in [4.69, 9.17) is 4.74 Å². The van der Waals surface area contributed by atoms with Crippen LogP contribution in [0.2, 0.25) is 0 Å². The van der Waals surface area contributed by atoms with Gasteiger partial charge in [0.05, 0.1) is 7.11 Å². The number of urea groups is 1. The van der Waals surface area contributed by atoms with Crippen LogP contribution in [0.25, 0.3) is 0 Å². The molecule has 4 amide bonds. The van der Waals surface area contributed by atoms with Crippen molar-refractivity contribution in [3.63, 3.8) is 0 Å². The minimum atomic E-state index is -1.21. The van der Waals surface area contributed by atoms with Gasteiger partial charge < -0.3 is 20.3 Å². The molecule has 142 valence electrons. The predicted octanol–water partition coefficient (Wildman–Crippen LogP) is 0.448. The maximum atomic E-state index is 12.8. The molecule has 1 unspecified atom stereocenters. The van der Waals surface area contributed by atoms with Gasteiger partial charge in [0.1, 0.15) is 17.8 Å². The van der Waals surface area contributed by atoms with Crippen LogP contribution in [0.5, 0.6) is 5.75 Å². The number of imide groups is 1. The highest BCUT2D eigenvalue weighted by molar-refractivity contribution is 6.09. The molecule has 0 radical (unpaired) electrons. The quantitative estimate of drug-likeness (QED) is 0.687. The molecule has 8 nitrogen and oxygen atoms in total. The minimum absolute atomic E-state index is 0.303. The van der Waals surface area contributed by atoms with Crippen molar-refractivity contribution in [2.75, 3.05) is 40.8 Å². The van der Waals surface area contributed by atoms with Crippen LogP contribution in [0.4, 0.5) is 4.79 Å². The van der Waals surface area contributed by atoms with Crippen LogP contribution in [-0.4, -0.2) is 68.5 Å². The normalized spacial score (nSPS) is 19.7. The van der Waals surface area contributed by atoms with E-state index in [9.17, 15) is 14.4 Å². The number of carbonyl (C=O) groups excluding carboxylic acids is 3. The third-order valence-corrected chi connectivity index (χ3v) is 4.43. The third-order valence-electron chi connectivity index (χ3n) is 4.43. The number of likely N-dealkylation sites (N-methyl/N-ethyl adjacent to an activating group) is 1. The molecule has 1 atom stereocenters. The fourth-order valence-corrected chi connectivity index (χ4v) is 2.84. The summed E-state index contributed by atoms with van der Waals surface area (Å²) in [5.41, 5.74) is 0.288. The zero-order valence-electron chi connectivity index (χ0n) is 15.9. The predicted molar refractivity (Wildman–Crippen MR) is 96.9 cm³/mol. The first-order valence-electron chi connectivity index (χ1n) is 8.39. The molecule has 1 aliphatic rings. The van der Waals surface area contributed by atoms with E-state index >= 15 is 0 Å². The van der Waals surface area contributed by atoms with Crippen molar-refractivity contribution in [1.82, 2.24) is 20.4 Å². The number of rotatable bonds is 7. The Bertz CT molecular complexity index is 719. The number of ether oxygens (including phenoxy) is 1. The highest BCUT2D eigenvalue weighted by Gasteiger charge is 2.49. The SMILES string of the molecule is COc1ccc(C2(C)NC(=O)N(CC(=O)NCCN(C)C)C2=O)cc1C. The highest BCUT2D eigenvalue weighted by atomic mass is 16.5. The maximum Gasteiger partial charge on any atom is 0.325 e. The molecule has 0 spiro atoms.